The molecule has 6 heteroatoms. The van der Waals surface area contributed by atoms with E-state index in [-0.39, 0.29) is 5.91 Å². The molecule has 1 amide bonds. The van der Waals surface area contributed by atoms with Crippen molar-refractivity contribution in [3.05, 3.63) is 51.4 Å². The lowest BCUT2D eigenvalue weighted by Crippen LogP contribution is -2.25. The molecule has 1 aliphatic rings. The fourth-order valence-electron chi connectivity index (χ4n) is 2.78. The van der Waals surface area contributed by atoms with Gasteiger partial charge in [0.2, 0.25) is 0 Å². The summed E-state index contributed by atoms with van der Waals surface area (Å²) in [5.74, 6) is 1.57. The summed E-state index contributed by atoms with van der Waals surface area (Å²) in [6.07, 6.45) is 0. The first-order valence-corrected chi connectivity index (χ1v) is 7.83. The van der Waals surface area contributed by atoms with Gasteiger partial charge in [-0.25, -0.2) is 9.97 Å². The number of aromatic nitrogens is 2. The van der Waals surface area contributed by atoms with E-state index in [0.717, 1.165) is 28.5 Å². The standard InChI is InChI=1S/C17H19ClN4O/c1-10-5-6-12(7-14(10)18)17(23)22-8-13-15(9-22)19-11(2)20-16(13)21(3)4/h5-7H,8-9H2,1-4H3. The van der Waals surface area contributed by atoms with Gasteiger partial charge in [0, 0.05) is 30.2 Å². The molecule has 23 heavy (non-hydrogen) atoms. The Bertz CT molecular complexity index is 788. The van der Waals surface area contributed by atoms with Gasteiger partial charge in [-0.05, 0) is 31.5 Å². The van der Waals surface area contributed by atoms with Gasteiger partial charge in [-0.3, -0.25) is 4.79 Å². The van der Waals surface area contributed by atoms with E-state index in [9.17, 15) is 4.79 Å². The highest BCUT2D eigenvalue weighted by Gasteiger charge is 2.29. The van der Waals surface area contributed by atoms with Crippen LogP contribution in [0.15, 0.2) is 18.2 Å². The summed E-state index contributed by atoms with van der Waals surface area (Å²) in [6.45, 7) is 4.82. The lowest BCUT2D eigenvalue weighted by molar-refractivity contribution is 0.0750. The fraction of sp³-hybridized carbons (Fsp3) is 0.353. The molecule has 0 radical (unpaired) electrons. The van der Waals surface area contributed by atoms with E-state index in [2.05, 4.69) is 9.97 Å². The van der Waals surface area contributed by atoms with Gasteiger partial charge < -0.3 is 9.80 Å². The van der Waals surface area contributed by atoms with Crippen LogP contribution in [-0.4, -0.2) is 34.9 Å². The van der Waals surface area contributed by atoms with Crippen molar-refractivity contribution in [2.45, 2.75) is 26.9 Å². The summed E-state index contributed by atoms with van der Waals surface area (Å²) < 4.78 is 0. The zero-order chi connectivity index (χ0) is 16.7. The van der Waals surface area contributed by atoms with Gasteiger partial charge in [-0.1, -0.05) is 17.7 Å². The molecular weight excluding hydrogens is 312 g/mol. The molecule has 120 valence electrons. The average molecular weight is 331 g/mol. The third kappa shape index (κ3) is 2.88. The highest BCUT2D eigenvalue weighted by Crippen LogP contribution is 2.29. The number of amides is 1. The predicted molar refractivity (Wildman–Crippen MR) is 90.9 cm³/mol. The molecule has 1 aromatic carbocycles. The van der Waals surface area contributed by atoms with Crippen LogP contribution in [0.1, 0.15) is 33.0 Å². The van der Waals surface area contributed by atoms with Gasteiger partial charge in [-0.15, -0.1) is 0 Å². The molecular formula is C17H19ClN4O. The molecule has 1 aromatic heterocycles. The highest BCUT2D eigenvalue weighted by atomic mass is 35.5. The lowest BCUT2D eigenvalue weighted by Gasteiger charge is -2.17. The number of carbonyl (C=O) groups excluding carboxylic acids is 1. The van der Waals surface area contributed by atoms with E-state index in [1.54, 1.807) is 11.0 Å². The smallest absolute Gasteiger partial charge is 0.254 e. The monoisotopic (exact) mass is 330 g/mol. The first-order chi connectivity index (χ1) is 10.9. The Kier molecular flexibility index (Phi) is 3.98. The van der Waals surface area contributed by atoms with Crippen LogP contribution in [0, 0.1) is 13.8 Å². The molecule has 0 saturated heterocycles. The van der Waals surface area contributed by atoms with E-state index < -0.39 is 0 Å². The van der Waals surface area contributed by atoms with Crippen LogP contribution in [0.4, 0.5) is 5.82 Å². The summed E-state index contributed by atoms with van der Waals surface area (Å²) in [7, 11) is 3.90. The van der Waals surface area contributed by atoms with Crippen LogP contribution in [0.25, 0.3) is 0 Å². The van der Waals surface area contributed by atoms with Crippen LogP contribution < -0.4 is 4.90 Å². The Hall–Kier alpha value is -2.14. The van der Waals surface area contributed by atoms with Crippen molar-refractivity contribution < 1.29 is 4.79 Å². The van der Waals surface area contributed by atoms with Gasteiger partial charge in [0.25, 0.3) is 5.91 Å². The quantitative estimate of drug-likeness (QED) is 0.849. The van der Waals surface area contributed by atoms with Gasteiger partial charge in [0.05, 0.1) is 18.8 Å². The second-order valence-corrected chi connectivity index (χ2v) is 6.45. The minimum absolute atomic E-state index is 0.0349. The second kappa shape index (κ2) is 5.81. The number of benzene rings is 1. The number of carbonyl (C=O) groups is 1. The number of rotatable bonds is 2. The zero-order valence-corrected chi connectivity index (χ0v) is 14.5. The fourth-order valence-corrected chi connectivity index (χ4v) is 2.96. The predicted octanol–water partition coefficient (Wildman–Crippen LogP) is 2.97. The average Bonchev–Trinajstić information content (AvgIpc) is 2.91. The van der Waals surface area contributed by atoms with Crippen molar-refractivity contribution >= 4 is 23.3 Å². The molecule has 0 bridgehead atoms. The normalized spacial score (nSPS) is 13.2. The Balaban J connectivity index is 1.91. The zero-order valence-electron chi connectivity index (χ0n) is 13.7. The molecule has 0 unspecified atom stereocenters. The molecule has 1 aliphatic heterocycles. The Morgan fingerprint density at radius 1 is 1.22 bits per heavy atom. The molecule has 0 spiro atoms. The topological polar surface area (TPSA) is 49.3 Å². The summed E-state index contributed by atoms with van der Waals surface area (Å²) >= 11 is 6.14. The van der Waals surface area contributed by atoms with Crippen molar-refractivity contribution in [1.82, 2.24) is 14.9 Å². The molecule has 2 heterocycles. The summed E-state index contributed by atoms with van der Waals surface area (Å²) in [5, 5.41) is 0.608. The van der Waals surface area contributed by atoms with Crippen LogP contribution in [0.5, 0.6) is 0 Å². The largest absolute Gasteiger partial charge is 0.362 e. The number of halogens is 1. The van der Waals surface area contributed by atoms with E-state index >= 15 is 0 Å². The number of hydrogen-bond acceptors (Lipinski definition) is 4. The van der Waals surface area contributed by atoms with E-state index in [4.69, 9.17) is 11.6 Å². The summed E-state index contributed by atoms with van der Waals surface area (Å²) in [5.41, 5.74) is 3.51. The number of aryl methyl sites for hydroxylation is 2. The molecule has 0 atom stereocenters. The van der Waals surface area contributed by atoms with Crippen LogP contribution in [-0.2, 0) is 13.1 Å². The highest BCUT2D eigenvalue weighted by molar-refractivity contribution is 6.31. The number of anilines is 1. The minimum atomic E-state index is -0.0349. The van der Waals surface area contributed by atoms with E-state index in [1.165, 1.54) is 0 Å². The Morgan fingerprint density at radius 3 is 2.61 bits per heavy atom. The number of nitrogens with zero attached hydrogens (tertiary/aromatic N) is 4. The maximum atomic E-state index is 12.8. The minimum Gasteiger partial charge on any atom is -0.362 e. The molecule has 0 N–H and O–H groups in total. The second-order valence-electron chi connectivity index (χ2n) is 6.04. The van der Waals surface area contributed by atoms with Crippen molar-refractivity contribution in [3.8, 4) is 0 Å². The third-order valence-corrected chi connectivity index (χ3v) is 4.41. The molecule has 5 nitrogen and oxygen atoms in total. The van der Waals surface area contributed by atoms with Crippen molar-refractivity contribution in [2.24, 2.45) is 0 Å². The summed E-state index contributed by atoms with van der Waals surface area (Å²) in [4.78, 5) is 25.5. The Labute approximate surface area is 140 Å². The van der Waals surface area contributed by atoms with Crippen LogP contribution in [0.3, 0.4) is 0 Å². The maximum absolute atomic E-state index is 12.8. The van der Waals surface area contributed by atoms with Gasteiger partial charge >= 0.3 is 0 Å². The van der Waals surface area contributed by atoms with Gasteiger partial charge in [-0.2, -0.15) is 0 Å². The molecule has 0 saturated carbocycles. The number of hydrogen-bond donors (Lipinski definition) is 0. The lowest BCUT2D eigenvalue weighted by atomic mass is 10.1. The Morgan fingerprint density at radius 2 is 1.96 bits per heavy atom. The maximum Gasteiger partial charge on any atom is 0.254 e. The molecule has 0 aliphatic carbocycles. The van der Waals surface area contributed by atoms with Crippen molar-refractivity contribution in [1.29, 1.82) is 0 Å². The SMILES string of the molecule is Cc1nc2c(c(N(C)C)n1)CN(C(=O)c1ccc(C)c(Cl)c1)C2. The summed E-state index contributed by atoms with van der Waals surface area (Å²) in [6, 6.07) is 5.41. The third-order valence-electron chi connectivity index (χ3n) is 4.00. The molecule has 3 rings (SSSR count). The van der Waals surface area contributed by atoms with Gasteiger partial charge in [0.15, 0.2) is 0 Å². The van der Waals surface area contributed by atoms with E-state index in [1.807, 2.05) is 45.0 Å². The van der Waals surface area contributed by atoms with Gasteiger partial charge in [0.1, 0.15) is 11.6 Å². The molecule has 0 fully saturated rings. The van der Waals surface area contributed by atoms with Crippen LogP contribution in [0.2, 0.25) is 5.02 Å². The van der Waals surface area contributed by atoms with Crippen molar-refractivity contribution in [3.63, 3.8) is 0 Å². The molecule has 2 aromatic rings. The first kappa shape index (κ1) is 15.7. The number of fused-ring (bicyclic) bond motifs is 1. The van der Waals surface area contributed by atoms with Crippen LogP contribution >= 0.6 is 11.6 Å². The van der Waals surface area contributed by atoms with Crippen molar-refractivity contribution in [2.75, 3.05) is 19.0 Å². The van der Waals surface area contributed by atoms with E-state index in [0.29, 0.717) is 23.7 Å². The first-order valence-electron chi connectivity index (χ1n) is 7.46.